The quantitative estimate of drug-likeness (QED) is 0.140. The number of hydrogen-bond donors (Lipinski definition) is 3. The van der Waals surface area contributed by atoms with Crippen molar-refractivity contribution in [2.75, 3.05) is 18.4 Å². The predicted molar refractivity (Wildman–Crippen MR) is 166 cm³/mol. The zero-order chi connectivity index (χ0) is 30.1. The number of nitrogens with zero attached hydrogens (tertiary/aromatic N) is 3. The lowest BCUT2D eigenvalue weighted by Gasteiger charge is -2.21. The smallest absolute Gasteiger partial charge is 0.335 e. The van der Waals surface area contributed by atoms with Crippen molar-refractivity contribution in [1.82, 2.24) is 20.3 Å². The molecule has 3 N–H and O–H groups in total. The number of carboxylic acids is 1. The summed E-state index contributed by atoms with van der Waals surface area (Å²) in [5.41, 5.74) is 5.05. The first-order valence-electron chi connectivity index (χ1n) is 13.8. The standard InChI is InChI=1S/C32H37N5O4S/c1-20(2)14-25(34-18-24-16-26(40-5)12-13-33-24)19-41-29-17-28(30-21(3)8-6-9-22(30)4)35-32(36-29)37-42-27-11-7-10-23(15-27)31(38)39/h6-13,15-17,20,25,34H,14,18-19H2,1-5H3,(H,38,39)(H,35,36,37). The van der Waals surface area contributed by atoms with Gasteiger partial charge in [-0.25, -0.2) is 9.78 Å². The minimum atomic E-state index is -0.979. The highest BCUT2D eigenvalue weighted by molar-refractivity contribution is 8.00. The molecular formula is C32H37N5O4S. The fourth-order valence-electron chi connectivity index (χ4n) is 4.58. The monoisotopic (exact) mass is 587 g/mol. The van der Waals surface area contributed by atoms with Gasteiger partial charge in [-0.1, -0.05) is 38.1 Å². The van der Waals surface area contributed by atoms with Crippen molar-refractivity contribution in [2.24, 2.45) is 5.92 Å². The van der Waals surface area contributed by atoms with Crippen molar-refractivity contribution >= 4 is 23.9 Å². The number of aromatic nitrogens is 3. The molecule has 1 unspecified atom stereocenters. The summed E-state index contributed by atoms with van der Waals surface area (Å²) in [6.45, 7) is 9.45. The van der Waals surface area contributed by atoms with Crippen LogP contribution in [-0.2, 0) is 6.54 Å². The van der Waals surface area contributed by atoms with Crippen LogP contribution in [0.3, 0.4) is 0 Å². The van der Waals surface area contributed by atoms with Gasteiger partial charge in [-0.05, 0) is 73.5 Å². The Balaban J connectivity index is 1.56. The van der Waals surface area contributed by atoms with Gasteiger partial charge in [-0.15, -0.1) is 0 Å². The highest BCUT2D eigenvalue weighted by Crippen LogP contribution is 2.30. The normalized spacial score (nSPS) is 11.8. The van der Waals surface area contributed by atoms with Gasteiger partial charge in [0.05, 0.1) is 24.1 Å². The van der Waals surface area contributed by atoms with Crippen molar-refractivity contribution in [2.45, 2.75) is 51.6 Å². The zero-order valence-corrected chi connectivity index (χ0v) is 25.4. The van der Waals surface area contributed by atoms with Gasteiger partial charge in [0.25, 0.3) is 0 Å². The van der Waals surface area contributed by atoms with E-state index in [0.29, 0.717) is 30.9 Å². The number of methoxy groups -OCH3 is 1. The Hall–Kier alpha value is -4.15. The second-order valence-corrected chi connectivity index (χ2v) is 11.3. The third kappa shape index (κ3) is 8.67. The van der Waals surface area contributed by atoms with E-state index in [4.69, 9.17) is 14.5 Å². The first kappa shape index (κ1) is 30.8. The first-order chi connectivity index (χ1) is 20.2. The van der Waals surface area contributed by atoms with Crippen LogP contribution in [0.25, 0.3) is 11.3 Å². The molecule has 42 heavy (non-hydrogen) atoms. The maximum atomic E-state index is 11.4. The lowest BCUT2D eigenvalue weighted by Crippen LogP contribution is -2.35. The molecule has 0 saturated heterocycles. The van der Waals surface area contributed by atoms with Crippen LogP contribution >= 0.6 is 11.9 Å². The Morgan fingerprint density at radius 1 is 1.02 bits per heavy atom. The van der Waals surface area contributed by atoms with Gasteiger partial charge in [0.15, 0.2) is 0 Å². The van der Waals surface area contributed by atoms with Crippen LogP contribution in [-0.4, -0.2) is 45.8 Å². The molecule has 1 atom stereocenters. The maximum Gasteiger partial charge on any atom is 0.335 e. The molecule has 0 saturated carbocycles. The molecule has 9 nitrogen and oxygen atoms in total. The van der Waals surface area contributed by atoms with Gasteiger partial charge >= 0.3 is 5.97 Å². The molecule has 0 aliphatic rings. The van der Waals surface area contributed by atoms with Crippen LogP contribution in [0.2, 0.25) is 0 Å². The fourth-order valence-corrected chi connectivity index (χ4v) is 5.22. The van der Waals surface area contributed by atoms with E-state index in [1.165, 1.54) is 11.9 Å². The van der Waals surface area contributed by atoms with Crippen LogP contribution in [0.5, 0.6) is 11.6 Å². The molecular weight excluding hydrogens is 550 g/mol. The van der Waals surface area contributed by atoms with Crippen molar-refractivity contribution in [3.63, 3.8) is 0 Å². The van der Waals surface area contributed by atoms with Crippen LogP contribution in [0, 0.1) is 19.8 Å². The van der Waals surface area contributed by atoms with Crippen molar-refractivity contribution in [3.05, 3.63) is 89.2 Å². The Bertz CT molecular complexity index is 1490. The summed E-state index contributed by atoms with van der Waals surface area (Å²) < 4.78 is 14.8. The number of carbonyl (C=O) groups is 1. The Kier molecular flexibility index (Phi) is 10.7. The summed E-state index contributed by atoms with van der Waals surface area (Å²) in [6.07, 6.45) is 2.64. The average Bonchev–Trinajstić information content (AvgIpc) is 2.97. The minimum absolute atomic E-state index is 0.0566. The van der Waals surface area contributed by atoms with Crippen molar-refractivity contribution < 1.29 is 19.4 Å². The molecule has 4 rings (SSSR count). The molecule has 0 aliphatic carbocycles. The van der Waals surface area contributed by atoms with Gasteiger partial charge < -0.3 is 19.9 Å². The Labute approximate surface area is 251 Å². The number of aromatic carboxylic acids is 1. The Morgan fingerprint density at radius 2 is 1.79 bits per heavy atom. The molecule has 0 bridgehead atoms. The van der Waals surface area contributed by atoms with E-state index in [2.05, 4.69) is 59.8 Å². The van der Waals surface area contributed by atoms with Gasteiger partial charge in [0.1, 0.15) is 12.4 Å². The maximum absolute atomic E-state index is 11.4. The molecule has 0 aliphatic heterocycles. The lowest BCUT2D eigenvalue weighted by molar-refractivity contribution is 0.0696. The van der Waals surface area contributed by atoms with Crippen LogP contribution in [0.15, 0.2) is 71.8 Å². The summed E-state index contributed by atoms with van der Waals surface area (Å²) in [7, 11) is 1.64. The largest absolute Gasteiger partial charge is 0.497 e. The van der Waals surface area contributed by atoms with E-state index >= 15 is 0 Å². The summed E-state index contributed by atoms with van der Waals surface area (Å²) in [5.74, 6) is 1.05. The summed E-state index contributed by atoms with van der Waals surface area (Å²) in [4.78, 5) is 26.0. The van der Waals surface area contributed by atoms with Crippen LogP contribution in [0.1, 0.15) is 47.4 Å². The van der Waals surface area contributed by atoms with E-state index < -0.39 is 5.97 Å². The summed E-state index contributed by atoms with van der Waals surface area (Å²) in [6, 6.07) is 18.5. The summed E-state index contributed by atoms with van der Waals surface area (Å²) >= 11 is 1.24. The number of ether oxygens (including phenoxy) is 2. The van der Waals surface area contributed by atoms with Gasteiger partial charge in [-0.2, -0.15) is 4.98 Å². The molecule has 4 aromatic rings. The predicted octanol–water partition coefficient (Wildman–Crippen LogP) is 6.56. The Morgan fingerprint density at radius 3 is 2.50 bits per heavy atom. The molecule has 2 aromatic carbocycles. The number of aryl methyl sites for hydroxylation is 2. The third-order valence-corrected chi connectivity index (χ3v) is 7.34. The van der Waals surface area contributed by atoms with E-state index in [0.717, 1.165) is 45.1 Å². The number of carboxylic acid groups (broad SMARTS) is 1. The van der Waals surface area contributed by atoms with Crippen LogP contribution < -0.4 is 19.5 Å². The number of hydrogen-bond acceptors (Lipinski definition) is 9. The highest BCUT2D eigenvalue weighted by Gasteiger charge is 2.16. The number of anilines is 1. The molecule has 2 heterocycles. The second kappa shape index (κ2) is 14.7. The number of pyridine rings is 1. The fraction of sp³-hybridized carbons (Fsp3) is 0.312. The molecule has 220 valence electrons. The van der Waals surface area contributed by atoms with Gasteiger partial charge in [0.2, 0.25) is 11.8 Å². The zero-order valence-electron chi connectivity index (χ0n) is 24.5. The SMILES string of the molecule is COc1ccnc(CNC(COc2cc(-c3c(C)cccc3C)nc(NSc3cccc(C(=O)O)c3)n2)CC(C)C)c1. The first-order valence-corrected chi connectivity index (χ1v) is 14.6. The minimum Gasteiger partial charge on any atom is -0.497 e. The topological polar surface area (TPSA) is 118 Å². The summed E-state index contributed by atoms with van der Waals surface area (Å²) in [5, 5.41) is 12.9. The van der Waals surface area contributed by atoms with E-state index in [1.54, 1.807) is 31.5 Å². The molecule has 0 spiro atoms. The third-order valence-electron chi connectivity index (χ3n) is 6.56. The van der Waals surface area contributed by atoms with E-state index in [9.17, 15) is 9.90 Å². The van der Waals surface area contributed by atoms with E-state index in [1.807, 2.05) is 30.3 Å². The van der Waals surface area contributed by atoms with Crippen LogP contribution in [0.4, 0.5) is 5.95 Å². The molecule has 10 heteroatoms. The average molecular weight is 588 g/mol. The molecule has 0 radical (unpaired) electrons. The molecule has 0 fully saturated rings. The van der Waals surface area contributed by atoms with Gasteiger partial charge in [-0.3, -0.25) is 9.71 Å². The highest BCUT2D eigenvalue weighted by atomic mass is 32.2. The second-order valence-electron chi connectivity index (χ2n) is 10.4. The van der Waals surface area contributed by atoms with Crippen molar-refractivity contribution in [1.29, 1.82) is 0 Å². The van der Waals surface area contributed by atoms with Gasteiger partial charge in [0, 0.05) is 41.4 Å². The number of benzene rings is 2. The molecule has 2 aromatic heterocycles. The van der Waals surface area contributed by atoms with E-state index in [-0.39, 0.29) is 11.6 Å². The lowest BCUT2D eigenvalue weighted by atomic mass is 10.00. The number of nitrogens with one attached hydrogen (secondary N) is 2. The number of rotatable bonds is 14. The van der Waals surface area contributed by atoms with Crippen molar-refractivity contribution in [3.8, 4) is 22.9 Å². The molecule has 0 amide bonds.